The van der Waals surface area contributed by atoms with Gasteiger partial charge in [-0.3, -0.25) is 0 Å². The van der Waals surface area contributed by atoms with E-state index < -0.39 is 0 Å². The molecule has 1 saturated carbocycles. The van der Waals surface area contributed by atoms with E-state index in [0.29, 0.717) is 11.3 Å². The number of aromatic nitrogens is 2. The summed E-state index contributed by atoms with van der Waals surface area (Å²) in [6.45, 7) is 4.22. The van der Waals surface area contributed by atoms with Gasteiger partial charge < -0.3 is 5.32 Å². The molecule has 1 aliphatic carbocycles. The molecule has 0 bridgehead atoms. The molecule has 1 N–H and O–H groups in total. The van der Waals surface area contributed by atoms with Crippen LogP contribution in [0.15, 0.2) is 6.07 Å². The second kappa shape index (κ2) is 6.37. The van der Waals surface area contributed by atoms with Gasteiger partial charge in [0.05, 0.1) is 0 Å². The Bertz CT molecular complexity index is 366. The fourth-order valence-electron chi connectivity index (χ4n) is 2.82. The van der Waals surface area contributed by atoms with Crippen molar-refractivity contribution in [3.8, 4) is 0 Å². The largest absolute Gasteiger partial charge is 0.367 e. The van der Waals surface area contributed by atoms with Crippen molar-refractivity contribution < 1.29 is 0 Å². The van der Waals surface area contributed by atoms with E-state index >= 15 is 0 Å². The highest BCUT2D eigenvalue weighted by atomic mass is 35.5. The van der Waals surface area contributed by atoms with Crippen molar-refractivity contribution in [2.45, 2.75) is 58.4 Å². The Morgan fingerprint density at radius 1 is 1.28 bits per heavy atom. The van der Waals surface area contributed by atoms with E-state index in [4.69, 9.17) is 11.6 Å². The number of rotatable bonds is 4. The van der Waals surface area contributed by atoms with Gasteiger partial charge in [-0.1, -0.05) is 19.8 Å². The minimum absolute atomic E-state index is 0.331. The fourth-order valence-corrected chi connectivity index (χ4v) is 3.04. The van der Waals surface area contributed by atoms with Gasteiger partial charge in [0.15, 0.2) is 0 Å². The summed E-state index contributed by atoms with van der Waals surface area (Å²) in [6, 6.07) is 2.51. The van der Waals surface area contributed by atoms with E-state index in [9.17, 15) is 0 Å². The lowest BCUT2D eigenvalue weighted by Crippen LogP contribution is -2.26. The van der Waals surface area contributed by atoms with Crippen LogP contribution in [0.3, 0.4) is 0 Å². The normalized spacial score (nSPS) is 23.9. The number of hydrogen-bond donors (Lipinski definition) is 1. The SMILES string of the molecule is CCCC1CCC(Nc2cc(C)nc(Cl)n2)CC1. The topological polar surface area (TPSA) is 37.8 Å². The number of hydrogen-bond acceptors (Lipinski definition) is 3. The molecule has 0 aromatic carbocycles. The minimum Gasteiger partial charge on any atom is -0.367 e. The zero-order chi connectivity index (χ0) is 13.0. The van der Waals surface area contributed by atoms with Crippen LogP contribution < -0.4 is 5.32 Å². The Morgan fingerprint density at radius 3 is 2.61 bits per heavy atom. The molecule has 0 atom stereocenters. The standard InChI is InChI=1S/C14H22ClN3/c1-3-4-11-5-7-12(8-6-11)17-13-9-10(2)16-14(15)18-13/h9,11-12H,3-8H2,1-2H3,(H,16,17,18). The first-order chi connectivity index (χ1) is 8.67. The maximum Gasteiger partial charge on any atom is 0.224 e. The first-order valence-corrected chi connectivity index (χ1v) is 7.33. The maximum atomic E-state index is 5.87. The molecule has 100 valence electrons. The van der Waals surface area contributed by atoms with Gasteiger partial charge in [0.2, 0.25) is 5.28 Å². The Hall–Kier alpha value is -0.830. The molecule has 4 heteroatoms. The van der Waals surface area contributed by atoms with Gasteiger partial charge in [-0.05, 0) is 50.1 Å². The molecule has 1 aromatic rings. The lowest BCUT2D eigenvalue weighted by molar-refractivity contribution is 0.318. The summed E-state index contributed by atoms with van der Waals surface area (Å²) >= 11 is 5.87. The van der Waals surface area contributed by atoms with Crippen LogP contribution in [0, 0.1) is 12.8 Å². The van der Waals surface area contributed by atoms with Gasteiger partial charge in [-0.2, -0.15) is 0 Å². The summed E-state index contributed by atoms with van der Waals surface area (Å²) in [5.41, 5.74) is 0.914. The fraction of sp³-hybridized carbons (Fsp3) is 0.714. The quantitative estimate of drug-likeness (QED) is 0.831. The summed E-state index contributed by atoms with van der Waals surface area (Å²) < 4.78 is 0. The number of aryl methyl sites for hydroxylation is 1. The van der Waals surface area contributed by atoms with Crippen LogP contribution >= 0.6 is 11.6 Å². The summed E-state index contributed by atoms with van der Waals surface area (Å²) in [7, 11) is 0. The lowest BCUT2D eigenvalue weighted by atomic mass is 9.83. The van der Waals surface area contributed by atoms with Gasteiger partial charge in [0.25, 0.3) is 0 Å². The van der Waals surface area contributed by atoms with E-state index in [1.165, 1.54) is 38.5 Å². The molecule has 2 rings (SSSR count). The Morgan fingerprint density at radius 2 is 2.00 bits per heavy atom. The molecule has 0 unspecified atom stereocenters. The van der Waals surface area contributed by atoms with Crippen LogP contribution in [-0.2, 0) is 0 Å². The highest BCUT2D eigenvalue weighted by molar-refractivity contribution is 6.28. The molecule has 1 heterocycles. The Balaban J connectivity index is 1.87. The Labute approximate surface area is 114 Å². The first-order valence-electron chi connectivity index (χ1n) is 6.95. The smallest absolute Gasteiger partial charge is 0.224 e. The maximum absolute atomic E-state index is 5.87. The average Bonchev–Trinajstić information content (AvgIpc) is 2.31. The highest BCUT2D eigenvalue weighted by Gasteiger charge is 2.20. The minimum atomic E-state index is 0.331. The van der Waals surface area contributed by atoms with Crippen LogP contribution in [0.5, 0.6) is 0 Å². The molecular formula is C14H22ClN3. The van der Waals surface area contributed by atoms with E-state index in [1.54, 1.807) is 0 Å². The predicted octanol–water partition coefficient (Wildman–Crippen LogP) is 4.21. The van der Waals surface area contributed by atoms with Crippen LogP contribution in [0.4, 0.5) is 5.82 Å². The Kier molecular flexibility index (Phi) is 4.81. The van der Waals surface area contributed by atoms with Crippen molar-refractivity contribution in [2.75, 3.05) is 5.32 Å². The molecule has 0 aliphatic heterocycles. The zero-order valence-corrected chi connectivity index (χ0v) is 12.0. The number of nitrogens with one attached hydrogen (secondary N) is 1. The molecule has 3 nitrogen and oxygen atoms in total. The number of nitrogens with zero attached hydrogens (tertiary/aromatic N) is 2. The molecule has 1 fully saturated rings. The van der Waals surface area contributed by atoms with Crippen molar-refractivity contribution in [2.24, 2.45) is 5.92 Å². The average molecular weight is 268 g/mol. The zero-order valence-electron chi connectivity index (χ0n) is 11.2. The van der Waals surface area contributed by atoms with Gasteiger partial charge in [-0.15, -0.1) is 0 Å². The summed E-state index contributed by atoms with van der Waals surface area (Å²) in [5, 5.41) is 3.82. The third kappa shape index (κ3) is 3.84. The first kappa shape index (κ1) is 13.6. The molecule has 0 saturated heterocycles. The molecular weight excluding hydrogens is 246 g/mol. The summed E-state index contributed by atoms with van der Waals surface area (Å²) in [6.07, 6.45) is 7.85. The van der Waals surface area contributed by atoms with Crippen molar-refractivity contribution in [1.29, 1.82) is 0 Å². The van der Waals surface area contributed by atoms with Crippen LogP contribution in [0.1, 0.15) is 51.1 Å². The molecule has 0 amide bonds. The molecule has 1 aliphatic rings. The highest BCUT2D eigenvalue weighted by Crippen LogP contribution is 2.29. The third-order valence-electron chi connectivity index (χ3n) is 3.72. The van der Waals surface area contributed by atoms with Gasteiger partial charge >= 0.3 is 0 Å². The summed E-state index contributed by atoms with van der Waals surface area (Å²) in [5.74, 6) is 1.80. The second-order valence-electron chi connectivity index (χ2n) is 5.31. The van der Waals surface area contributed by atoms with Crippen molar-refractivity contribution in [1.82, 2.24) is 9.97 Å². The van der Waals surface area contributed by atoms with Crippen molar-refractivity contribution >= 4 is 17.4 Å². The van der Waals surface area contributed by atoms with Crippen LogP contribution in [0.2, 0.25) is 5.28 Å². The van der Waals surface area contributed by atoms with Crippen molar-refractivity contribution in [3.05, 3.63) is 17.0 Å². The van der Waals surface area contributed by atoms with Gasteiger partial charge in [0, 0.05) is 17.8 Å². The van der Waals surface area contributed by atoms with Gasteiger partial charge in [0.1, 0.15) is 5.82 Å². The lowest BCUT2D eigenvalue weighted by Gasteiger charge is -2.29. The van der Waals surface area contributed by atoms with Gasteiger partial charge in [-0.25, -0.2) is 9.97 Å². The molecule has 0 spiro atoms. The van der Waals surface area contributed by atoms with Crippen LogP contribution in [0.25, 0.3) is 0 Å². The van der Waals surface area contributed by atoms with E-state index in [1.807, 2.05) is 13.0 Å². The second-order valence-corrected chi connectivity index (χ2v) is 5.65. The number of anilines is 1. The van der Waals surface area contributed by atoms with E-state index in [0.717, 1.165) is 17.4 Å². The van der Waals surface area contributed by atoms with Crippen LogP contribution in [-0.4, -0.2) is 16.0 Å². The van der Waals surface area contributed by atoms with E-state index in [2.05, 4.69) is 22.2 Å². The van der Waals surface area contributed by atoms with E-state index in [-0.39, 0.29) is 0 Å². The predicted molar refractivity (Wildman–Crippen MR) is 76.1 cm³/mol. The summed E-state index contributed by atoms with van der Waals surface area (Å²) in [4.78, 5) is 8.30. The monoisotopic (exact) mass is 267 g/mol. The molecule has 1 aromatic heterocycles. The van der Waals surface area contributed by atoms with Crippen molar-refractivity contribution in [3.63, 3.8) is 0 Å². The molecule has 18 heavy (non-hydrogen) atoms. The number of halogens is 1. The third-order valence-corrected chi connectivity index (χ3v) is 3.89. The molecule has 0 radical (unpaired) electrons.